The van der Waals surface area contributed by atoms with Gasteiger partial charge in [-0.3, -0.25) is 0 Å². The Hall–Kier alpha value is -3.66. The first-order valence-electron chi connectivity index (χ1n) is 12.6. The second-order valence-corrected chi connectivity index (χ2v) is 9.46. The average molecular weight is 655 g/mol. The molecule has 0 N–H and O–H groups in total. The molecule has 44 heavy (non-hydrogen) atoms. The summed E-state index contributed by atoms with van der Waals surface area (Å²) in [5.41, 5.74) is 0.880. The van der Waals surface area contributed by atoms with Crippen LogP contribution in [0.3, 0.4) is 0 Å². The van der Waals surface area contributed by atoms with Crippen molar-refractivity contribution in [3.8, 4) is 11.3 Å². The van der Waals surface area contributed by atoms with Gasteiger partial charge < -0.3 is 14.1 Å². The molecule has 0 spiro atoms. The van der Waals surface area contributed by atoms with Gasteiger partial charge in [0.1, 0.15) is 11.3 Å². The van der Waals surface area contributed by atoms with Crippen LogP contribution in [0.15, 0.2) is 52.9 Å². The maximum absolute atomic E-state index is 14.3. The zero-order valence-electron chi connectivity index (χ0n) is 22.5. The van der Waals surface area contributed by atoms with Gasteiger partial charge in [-0.2, -0.15) is 57.1 Å². The number of esters is 1. The van der Waals surface area contributed by atoms with E-state index in [1.54, 1.807) is 13.0 Å². The number of halogens is 13. The van der Waals surface area contributed by atoms with Crippen LogP contribution < -0.4 is 4.90 Å². The highest BCUT2D eigenvalue weighted by Gasteiger charge is 2.90. The van der Waals surface area contributed by atoms with E-state index in [0.717, 1.165) is 4.90 Å². The molecule has 1 aromatic heterocycles. The number of benzene rings is 2. The fourth-order valence-electron chi connectivity index (χ4n) is 4.05. The molecule has 17 heteroatoms. The predicted octanol–water partition coefficient (Wildman–Crippen LogP) is 9.23. The lowest BCUT2D eigenvalue weighted by Gasteiger charge is -2.40. The SMILES string of the molecule is CCOC(=O)c1ccc(-c2cc3ccc(N(CC)CCC(F)(F)C(F)(F)C(F)(F)C(F)(F)C(F)(F)C(F)(F)F)cc3o2)cc1. The summed E-state index contributed by atoms with van der Waals surface area (Å²) < 4.78 is 185. The number of anilines is 1. The van der Waals surface area contributed by atoms with E-state index in [1.807, 2.05) is 0 Å². The molecule has 2 aromatic carbocycles. The molecule has 3 aromatic rings. The highest BCUT2D eigenvalue weighted by molar-refractivity contribution is 5.90. The van der Waals surface area contributed by atoms with Crippen LogP contribution >= 0.6 is 0 Å². The van der Waals surface area contributed by atoms with Crippen LogP contribution in [0.5, 0.6) is 0 Å². The van der Waals surface area contributed by atoms with E-state index in [-0.39, 0.29) is 35.7 Å². The van der Waals surface area contributed by atoms with E-state index in [9.17, 15) is 61.9 Å². The number of hydrogen-bond donors (Lipinski definition) is 0. The number of hydrogen-bond acceptors (Lipinski definition) is 4. The molecule has 3 rings (SSSR count). The van der Waals surface area contributed by atoms with Crippen molar-refractivity contribution in [3.05, 3.63) is 54.1 Å². The van der Waals surface area contributed by atoms with Gasteiger partial charge >= 0.3 is 41.8 Å². The van der Waals surface area contributed by atoms with Crippen LogP contribution in [-0.4, -0.2) is 61.5 Å². The van der Waals surface area contributed by atoms with Gasteiger partial charge in [-0.1, -0.05) is 12.1 Å². The number of carbonyl (C=O) groups excluding carboxylic acids is 1. The topological polar surface area (TPSA) is 42.7 Å². The Balaban J connectivity index is 1.83. The molecule has 0 saturated carbocycles. The van der Waals surface area contributed by atoms with Gasteiger partial charge in [-0.15, -0.1) is 0 Å². The van der Waals surface area contributed by atoms with Gasteiger partial charge in [0.2, 0.25) is 0 Å². The number of rotatable bonds is 12. The van der Waals surface area contributed by atoms with E-state index >= 15 is 0 Å². The zero-order valence-corrected chi connectivity index (χ0v) is 22.5. The lowest BCUT2D eigenvalue weighted by Crippen LogP contribution is -2.70. The molecule has 0 aliphatic carbocycles. The predicted molar refractivity (Wildman–Crippen MR) is 131 cm³/mol. The number of furan rings is 1. The van der Waals surface area contributed by atoms with E-state index in [1.165, 1.54) is 49.4 Å². The number of alkyl halides is 13. The maximum atomic E-state index is 14.3. The molecule has 0 unspecified atom stereocenters. The molecule has 0 aliphatic rings. The first kappa shape index (κ1) is 34.8. The zero-order chi connectivity index (χ0) is 33.5. The highest BCUT2D eigenvalue weighted by Crippen LogP contribution is 2.60. The third kappa shape index (κ3) is 5.88. The average Bonchev–Trinajstić information content (AvgIpc) is 3.36. The summed E-state index contributed by atoms with van der Waals surface area (Å²) >= 11 is 0. The summed E-state index contributed by atoms with van der Waals surface area (Å²) in [4.78, 5) is 12.7. The van der Waals surface area contributed by atoms with Crippen molar-refractivity contribution in [2.45, 2.75) is 56.1 Å². The molecule has 4 nitrogen and oxygen atoms in total. The summed E-state index contributed by atoms with van der Waals surface area (Å²) in [6, 6.07) is 11.5. The number of ether oxygens (including phenoxy) is 1. The highest BCUT2D eigenvalue weighted by atomic mass is 19.4. The molecular weight excluding hydrogens is 633 g/mol. The Labute approximate surface area is 240 Å². The summed E-state index contributed by atoms with van der Waals surface area (Å²) in [6.45, 7) is 1.59. The summed E-state index contributed by atoms with van der Waals surface area (Å²) in [6.07, 6.45) is -9.80. The van der Waals surface area contributed by atoms with Gasteiger partial charge in [-0.05, 0) is 44.2 Å². The molecule has 0 atom stereocenters. The molecule has 0 bridgehead atoms. The molecule has 0 radical (unpaired) electrons. The Morgan fingerprint density at radius 3 is 1.84 bits per heavy atom. The molecule has 244 valence electrons. The minimum Gasteiger partial charge on any atom is -0.462 e. The Morgan fingerprint density at radius 1 is 0.750 bits per heavy atom. The summed E-state index contributed by atoms with van der Waals surface area (Å²) in [7, 11) is 0. The Bertz CT molecular complexity index is 1460. The number of fused-ring (bicyclic) bond motifs is 1. The van der Waals surface area contributed by atoms with Gasteiger partial charge in [0.25, 0.3) is 0 Å². The van der Waals surface area contributed by atoms with Crippen LogP contribution in [0.1, 0.15) is 30.6 Å². The van der Waals surface area contributed by atoms with Crippen LogP contribution in [0.2, 0.25) is 0 Å². The molecule has 0 fully saturated rings. The van der Waals surface area contributed by atoms with Crippen LogP contribution in [0, 0.1) is 0 Å². The van der Waals surface area contributed by atoms with Gasteiger partial charge in [0.05, 0.1) is 12.2 Å². The lowest BCUT2D eigenvalue weighted by molar-refractivity contribution is -0.440. The first-order chi connectivity index (χ1) is 20.1. The second kappa shape index (κ2) is 11.7. The Kier molecular flexibility index (Phi) is 9.25. The van der Waals surface area contributed by atoms with E-state index in [4.69, 9.17) is 9.15 Å². The summed E-state index contributed by atoms with van der Waals surface area (Å²) in [5.74, 6) is -37.3. The Morgan fingerprint density at radius 2 is 1.32 bits per heavy atom. The van der Waals surface area contributed by atoms with Crippen LogP contribution in [-0.2, 0) is 4.74 Å². The molecule has 0 amide bonds. The quantitative estimate of drug-likeness (QED) is 0.144. The number of nitrogens with zero attached hydrogens (tertiary/aromatic N) is 1. The van der Waals surface area contributed by atoms with Crippen molar-refractivity contribution in [3.63, 3.8) is 0 Å². The molecule has 1 heterocycles. The van der Waals surface area contributed by atoms with Crippen molar-refractivity contribution >= 4 is 22.6 Å². The van der Waals surface area contributed by atoms with Crippen molar-refractivity contribution in [1.82, 2.24) is 0 Å². The van der Waals surface area contributed by atoms with E-state index in [0.29, 0.717) is 10.9 Å². The minimum atomic E-state index is -7.93. The van der Waals surface area contributed by atoms with Crippen LogP contribution in [0.25, 0.3) is 22.3 Å². The molecule has 0 saturated heterocycles. The largest absolute Gasteiger partial charge is 0.462 e. The standard InChI is InChI=1S/C27H22F13NO3/c1-3-41(12-11-22(28,29)23(30,31)24(32,33)25(34,35)26(36,37)27(38,39)40)18-10-9-17-13-19(44-20(17)14-18)15-5-7-16(8-6-15)21(42)43-4-2/h5-10,13-14H,3-4,11-12H2,1-2H3. The summed E-state index contributed by atoms with van der Waals surface area (Å²) in [5, 5.41) is 0.457. The fourth-order valence-corrected chi connectivity index (χ4v) is 4.05. The minimum absolute atomic E-state index is 0.00151. The smallest absolute Gasteiger partial charge is 0.460 e. The third-order valence-electron chi connectivity index (χ3n) is 6.63. The maximum Gasteiger partial charge on any atom is 0.460 e. The van der Waals surface area contributed by atoms with Crippen LogP contribution in [0.4, 0.5) is 62.8 Å². The monoisotopic (exact) mass is 655 g/mol. The van der Waals surface area contributed by atoms with Gasteiger partial charge in [-0.25, -0.2) is 4.79 Å². The fraction of sp³-hybridized carbons (Fsp3) is 0.444. The van der Waals surface area contributed by atoms with Gasteiger partial charge in [0.15, 0.2) is 0 Å². The van der Waals surface area contributed by atoms with Crippen molar-refractivity contribution in [2.75, 3.05) is 24.6 Å². The third-order valence-corrected chi connectivity index (χ3v) is 6.63. The number of carbonyl (C=O) groups is 1. The normalized spacial score (nSPS) is 13.8. The molecular formula is C27H22F13NO3. The van der Waals surface area contributed by atoms with E-state index in [2.05, 4.69) is 0 Å². The van der Waals surface area contributed by atoms with Crippen molar-refractivity contribution in [2.24, 2.45) is 0 Å². The first-order valence-corrected chi connectivity index (χ1v) is 12.6. The lowest BCUT2D eigenvalue weighted by atomic mass is 9.92. The van der Waals surface area contributed by atoms with Gasteiger partial charge in [0, 0.05) is 42.2 Å². The van der Waals surface area contributed by atoms with Crippen molar-refractivity contribution < 1.29 is 71.0 Å². The molecule has 0 aliphatic heterocycles. The van der Waals surface area contributed by atoms with Crippen molar-refractivity contribution in [1.29, 1.82) is 0 Å². The van der Waals surface area contributed by atoms with E-state index < -0.39 is 54.7 Å². The second-order valence-electron chi connectivity index (χ2n) is 9.46.